The maximum Gasteiger partial charge on any atom is 0.323 e. The zero-order chi connectivity index (χ0) is 25.8. The lowest BCUT2D eigenvalue weighted by atomic mass is 9.82. The van der Waals surface area contributed by atoms with Gasteiger partial charge in [0.25, 0.3) is 0 Å². The number of benzene rings is 1. The van der Waals surface area contributed by atoms with E-state index in [9.17, 15) is 9.59 Å². The Morgan fingerprint density at radius 2 is 1.09 bits per heavy atom. The van der Waals surface area contributed by atoms with E-state index in [1.54, 1.807) is 12.1 Å². The van der Waals surface area contributed by atoms with Crippen molar-refractivity contribution in [1.29, 1.82) is 0 Å². The van der Waals surface area contributed by atoms with Crippen LogP contribution in [0, 0.1) is 5.41 Å². The van der Waals surface area contributed by atoms with Crippen LogP contribution in [-0.4, -0.2) is 18.5 Å². The second-order valence-electron chi connectivity index (χ2n) is 9.72. The van der Waals surface area contributed by atoms with E-state index >= 15 is 0 Å². The highest BCUT2D eigenvalue weighted by Crippen LogP contribution is 2.31. The first-order valence-electron chi connectivity index (χ1n) is 14.1. The maximum absolute atomic E-state index is 12.8. The smallest absolute Gasteiger partial charge is 0.323 e. The molecule has 0 bridgehead atoms. The first kappa shape index (κ1) is 31.5. The highest BCUT2D eigenvalue weighted by atomic mass is 35.5. The molecule has 4 nitrogen and oxygen atoms in total. The molecule has 200 valence electrons. The van der Waals surface area contributed by atoms with Crippen molar-refractivity contribution in [2.75, 3.05) is 6.61 Å². The SMILES string of the molecule is CCCCCCCCCCCCCCCCOC(=O)C(CC)(CC)C(=O)OCc1ccc(Cl)cc1. The predicted octanol–water partition coefficient (Wildman–Crippen LogP) is 9.21. The van der Waals surface area contributed by atoms with Crippen molar-refractivity contribution in [2.24, 2.45) is 5.41 Å². The third-order valence-electron chi connectivity index (χ3n) is 7.00. The number of carbonyl (C=O) groups is 2. The van der Waals surface area contributed by atoms with Gasteiger partial charge in [-0.1, -0.05) is 128 Å². The van der Waals surface area contributed by atoms with Crippen LogP contribution in [0.4, 0.5) is 0 Å². The molecule has 0 amide bonds. The fourth-order valence-corrected chi connectivity index (χ4v) is 4.50. The zero-order valence-corrected chi connectivity index (χ0v) is 23.3. The summed E-state index contributed by atoms with van der Waals surface area (Å²) in [5, 5.41) is 0.628. The van der Waals surface area contributed by atoms with Gasteiger partial charge in [-0.25, -0.2) is 0 Å². The average molecular weight is 509 g/mol. The molecule has 0 fully saturated rings. The van der Waals surface area contributed by atoms with Gasteiger partial charge in [-0.15, -0.1) is 0 Å². The van der Waals surface area contributed by atoms with E-state index in [2.05, 4.69) is 6.92 Å². The molecular weight excluding hydrogens is 460 g/mol. The fourth-order valence-electron chi connectivity index (χ4n) is 4.38. The Morgan fingerprint density at radius 3 is 1.54 bits per heavy atom. The summed E-state index contributed by atoms with van der Waals surface area (Å²) in [6.07, 6.45) is 18.7. The van der Waals surface area contributed by atoms with Crippen molar-refractivity contribution in [1.82, 2.24) is 0 Å². The minimum Gasteiger partial charge on any atom is -0.465 e. The van der Waals surface area contributed by atoms with Gasteiger partial charge in [0.1, 0.15) is 6.61 Å². The third-order valence-corrected chi connectivity index (χ3v) is 7.25. The van der Waals surface area contributed by atoms with Gasteiger partial charge < -0.3 is 9.47 Å². The van der Waals surface area contributed by atoms with Gasteiger partial charge in [0, 0.05) is 5.02 Å². The summed E-state index contributed by atoms with van der Waals surface area (Å²) < 4.78 is 11.0. The first-order valence-corrected chi connectivity index (χ1v) is 14.5. The molecule has 0 heterocycles. The Labute approximate surface area is 219 Å². The number of hydrogen-bond acceptors (Lipinski definition) is 4. The molecule has 0 spiro atoms. The summed E-state index contributed by atoms with van der Waals surface area (Å²) in [5.74, 6) is -0.971. The summed E-state index contributed by atoms with van der Waals surface area (Å²) in [7, 11) is 0. The van der Waals surface area contributed by atoms with Crippen molar-refractivity contribution in [3.8, 4) is 0 Å². The van der Waals surface area contributed by atoms with Gasteiger partial charge in [-0.2, -0.15) is 0 Å². The van der Waals surface area contributed by atoms with E-state index in [1.807, 2.05) is 26.0 Å². The Balaban J connectivity index is 2.16. The van der Waals surface area contributed by atoms with E-state index in [0.717, 1.165) is 18.4 Å². The van der Waals surface area contributed by atoms with Gasteiger partial charge in [0.05, 0.1) is 6.61 Å². The number of rotatable bonds is 21. The number of unbranched alkanes of at least 4 members (excludes halogenated alkanes) is 13. The van der Waals surface area contributed by atoms with Gasteiger partial charge >= 0.3 is 11.9 Å². The van der Waals surface area contributed by atoms with Crippen LogP contribution < -0.4 is 0 Å². The molecule has 0 aromatic heterocycles. The molecule has 1 rings (SSSR count). The molecule has 0 saturated carbocycles. The van der Waals surface area contributed by atoms with E-state index < -0.39 is 17.4 Å². The van der Waals surface area contributed by atoms with Crippen LogP contribution in [0.25, 0.3) is 0 Å². The molecule has 0 radical (unpaired) electrons. The molecule has 1 aromatic carbocycles. The normalized spacial score (nSPS) is 11.4. The van der Waals surface area contributed by atoms with Gasteiger partial charge in [0.2, 0.25) is 0 Å². The fraction of sp³-hybridized carbons (Fsp3) is 0.733. The highest BCUT2D eigenvalue weighted by Gasteiger charge is 2.45. The summed E-state index contributed by atoms with van der Waals surface area (Å²) in [6, 6.07) is 7.12. The Kier molecular flexibility index (Phi) is 17.6. The molecule has 0 aliphatic carbocycles. The summed E-state index contributed by atoms with van der Waals surface area (Å²) in [4.78, 5) is 25.6. The van der Waals surface area contributed by atoms with Crippen LogP contribution in [0.1, 0.15) is 129 Å². The number of esters is 2. The van der Waals surface area contributed by atoms with Crippen molar-refractivity contribution in [3.05, 3.63) is 34.9 Å². The minimum absolute atomic E-state index is 0.115. The number of halogens is 1. The van der Waals surface area contributed by atoms with Crippen LogP contribution in [0.2, 0.25) is 5.02 Å². The lowest BCUT2D eigenvalue weighted by Gasteiger charge is -2.27. The monoisotopic (exact) mass is 508 g/mol. The lowest BCUT2D eigenvalue weighted by Crippen LogP contribution is -2.41. The van der Waals surface area contributed by atoms with Gasteiger partial charge in [0.15, 0.2) is 5.41 Å². The Morgan fingerprint density at radius 1 is 0.657 bits per heavy atom. The molecule has 0 unspecified atom stereocenters. The van der Waals surface area contributed by atoms with Crippen LogP contribution in [0.3, 0.4) is 0 Å². The van der Waals surface area contributed by atoms with Gasteiger partial charge in [-0.3, -0.25) is 9.59 Å². The molecule has 0 N–H and O–H groups in total. The summed E-state index contributed by atoms with van der Waals surface area (Å²) in [6.45, 7) is 6.41. The van der Waals surface area contributed by atoms with Crippen LogP contribution in [0.5, 0.6) is 0 Å². The van der Waals surface area contributed by atoms with Gasteiger partial charge in [-0.05, 0) is 37.0 Å². The van der Waals surface area contributed by atoms with Crippen molar-refractivity contribution in [3.63, 3.8) is 0 Å². The van der Waals surface area contributed by atoms with Crippen molar-refractivity contribution in [2.45, 2.75) is 130 Å². The van der Waals surface area contributed by atoms with Crippen LogP contribution in [0.15, 0.2) is 24.3 Å². The standard InChI is InChI=1S/C30H49ClO4/c1-4-7-8-9-10-11-12-13-14-15-16-17-18-19-24-34-28(32)30(5-2,6-3)29(33)35-25-26-20-22-27(31)23-21-26/h20-23H,4-19,24-25H2,1-3H3. The van der Waals surface area contributed by atoms with E-state index in [0.29, 0.717) is 24.5 Å². The average Bonchev–Trinajstić information content (AvgIpc) is 2.87. The zero-order valence-electron chi connectivity index (χ0n) is 22.5. The number of carbonyl (C=O) groups excluding carboxylic acids is 2. The van der Waals surface area contributed by atoms with Crippen molar-refractivity contribution < 1.29 is 19.1 Å². The maximum atomic E-state index is 12.8. The Hall–Kier alpha value is -1.55. The van der Waals surface area contributed by atoms with Crippen molar-refractivity contribution >= 4 is 23.5 Å². The Bertz CT molecular complexity index is 682. The second-order valence-corrected chi connectivity index (χ2v) is 10.2. The first-order chi connectivity index (χ1) is 17.0. The summed E-state index contributed by atoms with van der Waals surface area (Å²) in [5.41, 5.74) is -0.401. The predicted molar refractivity (Wildman–Crippen MR) is 146 cm³/mol. The quantitative estimate of drug-likeness (QED) is 0.0942. The molecule has 0 saturated heterocycles. The second kappa shape index (κ2) is 19.6. The largest absolute Gasteiger partial charge is 0.465 e. The molecule has 0 atom stereocenters. The third kappa shape index (κ3) is 12.8. The van der Waals surface area contributed by atoms with Crippen LogP contribution in [-0.2, 0) is 25.7 Å². The van der Waals surface area contributed by atoms with E-state index in [4.69, 9.17) is 21.1 Å². The molecular formula is C30H49ClO4. The summed E-state index contributed by atoms with van der Waals surface area (Å²) >= 11 is 5.90. The molecule has 35 heavy (non-hydrogen) atoms. The lowest BCUT2D eigenvalue weighted by molar-refractivity contribution is -0.174. The minimum atomic E-state index is -1.23. The van der Waals surface area contributed by atoms with Crippen LogP contribution >= 0.6 is 11.6 Å². The molecule has 5 heteroatoms. The molecule has 0 aliphatic rings. The van der Waals surface area contributed by atoms with E-state index in [1.165, 1.54) is 77.0 Å². The number of ether oxygens (including phenoxy) is 2. The van der Waals surface area contributed by atoms with E-state index in [-0.39, 0.29) is 6.61 Å². The topological polar surface area (TPSA) is 52.6 Å². The number of hydrogen-bond donors (Lipinski definition) is 0. The highest BCUT2D eigenvalue weighted by molar-refractivity contribution is 6.30. The molecule has 1 aromatic rings. The molecule has 0 aliphatic heterocycles.